The second-order valence-corrected chi connectivity index (χ2v) is 10.5. The molecule has 2 aromatic carbocycles. The number of carbonyl (C=O) groups is 2. The molecule has 0 spiro atoms. The Hall–Kier alpha value is -2.53. The molecule has 0 unspecified atom stereocenters. The van der Waals surface area contributed by atoms with E-state index in [1.807, 2.05) is 12.1 Å². The number of benzene rings is 2. The molecule has 3 rings (SSSR count). The number of halogens is 1. The van der Waals surface area contributed by atoms with Gasteiger partial charge in [0, 0.05) is 30.3 Å². The van der Waals surface area contributed by atoms with Gasteiger partial charge in [-0.25, -0.2) is 4.79 Å². The van der Waals surface area contributed by atoms with Crippen molar-refractivity contribution in [2.45, 2.75) is 71.6 Å². The summed E-state index contributed by atoms with van der Waals surface area (Å²) in [5.74, 6) is 0.534. The second kappa shape index (κ2) is 14.3. The number of anilines is 1. The molecule has 196 valence electrons. The van der Waals surface area contributed by atoms with Crippen LogP contribution in [-0.4, -0.2) is 36.6 Å². The highest BCUT2D eigenvalue weighted by Gasteiger charge is 2.27. The third-order valence-corrected chi connectivity index (χ3v) is 7.74. The van der Waals surface area contributed by atoms with Crippen molar-refractivity contribution in [3.63, 3.8) is 0 Å². The van der Waals surface area contributed by atoms with Crippen LogP contribution in [0.2, 0.25) is 5.02 Å². The number of carboxylic acid groups (broad SMARTS) is 1. The van der Waals surface area contributed by atoms with Gasteiger partial charge in [0.15, 0.2) is 0 Å². The number of hydrogen-bond acceptors (Lipinski definition) is 3. The maximum Gasteiger partial charge on any atom is 0.335 e. The van der Waals surface area contributed by atoms with E-state index in [1.54, 1.807) is 30.3 Å². The number of amides is 1. The first kappa shape index (κ1) is 28.0. The Balaban J connectivity index is 1.60. The van der Waals surface area contributed by atoms with Crippen molar-refractivity contribution < 1.29 is 14.7 Å². The summed E-state index contributed by atoms with van der Waals surface area (Å²) in [5.41, 5.74) is 2.82. The number of unbranched alkanes of at least 4 members (excludes halogenated alkanes) is 2. The largest absolute Gasteiger partial charge is 0.478 e. The smallest absolute Gasteiger partial charge is 0.335 e. The number of rotatable bonds is 13. The fourth-order valence-corrected chi connectivity index (χ4v) is 5.53. The molecule has 5 nitrogen and oxygen atoms in total. The molecule has 2 aromatic rings. The number of nitrogens with zero attached hydrogens (tertiary/aromatic N) is 1. The van der Waals surface area contributed by atoms with Crippen LogP contribution in [0.15, 0.2) is 42.5 Å². The lowest BCUT2D eigenvalue weighted by molar-refractivity contribution is 0.0696. The van der Waals surface area contributed by atoms with Crippen LogP contribution < -0.4 is 10.2 Å². The van der Waals surface area contributed by atoms with Crippen molar-refractivity contribution in [3.05, 3.63) is 64.2 Å². The second-order valence-electron chi connectivity index (χ2n) is 10.0. The minimum atomic E-state index is -0.940. The molecular formula is C30H41ClN2O3. The first-order valence-electron chi connectivity index (χ1n) is 13.6. The van der Waals surface area contributed by atoms with Crippen LogP contribution in [0.3, 0.4) is 0 Å². The lowest BCUT2D eigenvalue weighted by atomic mass is 9.78. The normalized spacial score (nSPS) is 14.3. The molecule has 0 atom stereocenters. The Morgan fingerprint density at radius 1 is 1.03 bits per heavy atom. The predicted molar refractivity (Wildman–Crippen MR) is 148 cm³/mol. The lowest BCUT2D eigenvalue weighted by Gasteiger charge is -2.38. The summed E-state index contributed by atoms with van der Waals surface area (Å²) < 4.78 is 0. The fourth-order valence-electron chi connectivity index (χ4n) is 5.36. The fraction of sp³-hybridized carbons (Fsp3) is 0.533. The van der Waals surface area contributed by atoms with Gasteiger partial charge in [-0.1, -0.05) is 76.1 Å². The standard InChI is InChI=1S/C30H41ClN2O3/c1-3-5-7-23(8-6-4-2)24-16-19-33(20-17-24)28-14-13-26(31)21-27(28)29(34)32-18-15-22-9-11-25(12-10-22)30(35)36/h9-14,21,23-24H,3-8,15-20H2,1-2H3,(H,32,34)(H,35,36). The molecule has 0 aliphatic carbocycles. The number of piperidine rings is 1. The summed E-state index contributed by atoms with van der Waals surface area (Å²) in [6.45, 7) is 6.97. The summed E-state index contributed by atoms with van der Waals surface area (Å²) in [6.07, 6.45) is 10.8. The summed E-state index contributed by atoms with van der Waals surface area (Å²) in [6, 6.07) is 12.4. The highest BCUT2D eigenvalue weighted by molar-refractivity contribution is 6.31. The highest BCUT2D eigenvalue weighted by atomic mass is 35.5. The van der Waals surface area contributed by atoms with E-state index in [0.29, 0.717) is 23.6 Å². The first-order chi connectivity index (χ1) is 17.4. The predicted octanol–water partition coefficient (Wildman–Crippen LogP) is 7.22. The minimum Gasteiger partial charge on any atom is -0.478 e. The molecular weight excluding hydrogens is 472 g/mol. The van der Waals surface area contributed by atoms with Crippen LogP contribution in [0, 0.1) is 11.8 Å². The average molecular weight is 513 g/mol. The van der Waals surface area contributed by atoms with E-state index in [2.05, 4.69) is 24.1 Å². The number of carboxylic acids is 1. The van der Waals surface area contributed by atoms with E-state index in [1.165, 1.54) is 51.4 Å². The molecule has 2 N–H and O–H groups in total. The van der Waals surface area contributed by atoms with Crippen LogP contribution in [0.5, 0.6) is 0 Å². The average Bonchev–Trinajstić information content (AvgIpc) is 2.89. The van der Waals surface area contributed by atoms with Crippen LogP contribution in [0.1, 0.15) is 91.5 Å². The quantitative estimate of drug-likeness (QED) is 0.297. The number of hydrogen-bond donors (Lipinski definition) is 2. The topological polar surface area (TPSA) is 69.6 Å². The maximum absolute atomic E-state index is 13.1. The Labute approximate surface area is 221 Å². The van der Waals surface area contributed by atoms with Gasteiger partial charge in [-0.2, -0.15) is 0 Å². The monoisotopic (exact) mass is 512 g/mol. The van der Waals surface area contributed by atoms with Crippen molar-refractivity contribution in [2.75, 3.05) is 24.5 Å². The SMILES string of the molecule is CCCCC(CCCC)C1CCN(c2ccc(Cl)cc2C(=O)NCCc2ccc(C(=O)O)cc2)CC1. The van der Waals surface area contributed by atoms with E-state index in [-0.39, 0.29) is 11.5 Å². The zero-order valence-corrected chi connectivity index (χ0v) is 22.5. The van der Waals surface area contributed by atoms with Crippen LogP contribution in [-0.2, 0) is 6.42 Å². The molecule has 1 saturated heterocycles. The number of aromatic carboxylic acids is 1. The van der Waals surface area contributed by atoms with Gasteiger partial charge in [-0.15, -0.1) is 0 Å². The highest BCUT2D eigenvalue weighted by Crippen LogP contribution is 2.35. The van der Waals surface area contributed by atoms with Crippen LogP contribution in [0.4, 0.5) is 5.69 Å². The molecule has 1 amide bonds. The Bertz CT molecular complexity index is 976. The molecule has 1 aliphatic rings. The molecule has 1 aliphatic heterocycles. The van der Waals surface area contributed by atoms with Gasteiger partial charge in [0.05, 0.1) is 11.1 Å². The lowest BCUT2D eigenvalue weighted by Crippen LogP contribution is -2.38. The molecule has 0 saturated carbocycles. The van der Waals surface area contributed by atoms with Gasteiger partial charge in [-0.05, 0) is 67.0 Å². The van der Waals surface area contributed by atoms with E-state index in [9.17, 15) is 9.59 Å². The molecule has 6 heteroatoms. The van der Waals surface area contributed by atoms with E-state index in [4.69, 9.17) is 16.7 Å². The zero-order chi connectivity index (χ0) is 25.9. The number of carbonyl (C=O) groups excluding carboxylic acids is 1. The van der Waals surface area contributed by atoms with Crippen molar-refractivity contribution in [3.8, 4) is 0 Å². The van der Waals surface area contributed by atoms with Crippen LogP contribution in [0.25, 0.3) is 0 Å². The van der Waals surface area contributed by atoms with Gasteiger partial charge in [-0.3, -0.25) is 4.79 Å². The Morgan fingerprint density at radius 3 is 2.25 bits per heavy atom. The summed E-state index contributed by atoms with van der Waals surface area (Å²) in [5, 5.41) is 12.6. The molecule has 1 heterocycles. The van der Waals surface area contributed by atoms with Gasteiger partial charge >= 0.3 is 5.97 Å². The van der Waals surface area contributed by atoms with Gasteiger partial charge in [0.1, 0.15) is 0 Å². The van der Waals surface area contributed by atoms with Gasteiger partial charge in [0.25, 0.3) is 5.91 Å². The summed E-state index contributed by atoms with van der Waals surface area (Å²) >= 11 is 6.29. The van der Waals surface area contributed by atoms with Gasteiger partial charge in [0.2, 0.25) is 0 Å². The third kappa shape index (κ3) is 7.99. The minimum absolute atomic E-state index is 0.124. The molecule has 0 aromatic heterocycles. The van der Waals surface area contributed by atoms with Gasteiger partial charge < -0.3 is 15.3 Å². The van der Waals surface area contributed by atoms with Crippen molar-refractivity contribution in [1.29, 1.82) is 0 Å². The van der Waals surface area contributed by atoms with Crippen LogP contribution >= 0.6 is 11.6 Å². The van der Waals surface area contributed by atoms with Crippen molar-refractivity contribution in [2.24, 2.45) is 11.8 Å². The summed E-state index contributed by atoms with van der Waals surface area (Å²) in [4.78, 5) is 26.5. The number of nitrogens with one attached hydrogen (secondary N) is 1. The first-order valence-corrected chi connectivity index (χ1v) is 14.0. The Morgan fingerprint density at radius 2 is 1.67 bits per heavy atom. The zero-order valence-electron chi connectivity index (χ0n) is 21.8. The van der Waals surface area contributed by atoms with E-state index >= 15 is 0 Å². The van der Waals surface area contributed by atoms with Crippen molar-refractivity contribution >= 4 is 29.2 Å². The van der Waals surface area contributed by atoms with E-state index < -0.39 is 5.97 Å². The molecule has 1 fully saturated rings. The third-order valence-electron chi connectivity index (χ3n) is 7.51. The molecule has 36 heavy (non-hydrogen) atoms. The Kier molecular flexibility index (Phi) is 11.1. The van der Waals surface area contributed by atoms with Crippen molar-refractivity contribution in [1.82, 2.24) is 5.32 Å². The molecule has 0 radical (unpaired) electrons. The molecule has 0 bridgehead atoms. The van der Waals surface area contributed by atoms with E-state index in [0.717, 1.165) is 36.2 Å². The maximum atomic E-state index is 13.1. The summed E-state index contributed by atoms with van der Waals surface area (Å²) in [7, 11) is 0.